The summed E-state index contributed by atoms with van der Waals surface area (Å²) in [5.74, 6) is 0.642. The summed E-state index contributed by atoms with van der Waals surface area (Å²) in [6.45, 7) is 5.77. The predicted octanol–water partition coefficient (Wildman–Crippen LogP) is 2.39. The zero-order valence-corrected chi connectivity index (χ0v) is 16.5. The molecule has 1 fully saturated rings. The average Bonchev–Trinajstić information content (AvgIpc) is 3.09. The molecule has 0 unspecified atom stereocenters. The first kappa shape index (κ1) is 19.4. The van der Waals surface area contributed by atoms with Gasteiger partial charge in [-0.05, 0) is 43.9 Å². The molecule has 0 bridgehead atoms. The van der Waals surface area contributed by atoms with Gasteiger partial charge in [-0.3, -0.25) is 10.0 Å². The number of piperidine rings is 1. The number of para-hydroxylation sites is 1. The van der Waals surface area contributed by atoms with E-state index in [1.165, 1.54) is 34.6 Å². The van der Waals surface area contributed by atoms with Gasteiger partial charge in [0.05, 0.1) is 5.56 Å². The van der Waals surface area contributed by atoms with E-state index in [-0.39, 0.29) is 5.56 Å². The topological polar surface area (TPSA) is 106 Å². The van der Waals surface area contributed by atoms with E-state index in [4.69, 9.17) is 5.21 Å². The fraction of sp³-hybridized carbons (Fsp3) is 0.381. The number of hydrogen-bond acceptors (Lipinski definition) is 6. The molecular weight excluding hydrogens is 368 g/mol. The number of amides is 1. The maximum Gasteiger partial charge on any atom is 0.277 e. The van der Waals surface area contributed by atoms with Crippen molar-refractivity contribution in [1.82, 2.24) is 25.7 Å². The Morgan fingerprint density at radius 3 is 2.69 bits per heavy atom. The second-order valence-electron chi connectivity index (χ2n) is 7.55. The lowest BCUT2D eigenvalue weighted by atomic mass is 9.97. The quantitative estimate of drug-likeness (QED) is 0.378. The minimum absolute atomic E-state index is 0.239. The molecule has 3 aromatic rings. The van der Waals surface area contributed by atoms with Gasteiger partial charge in [0.15, 0.2) is 0 Å². The molecule has 1 aliphatic rings. The van der Waals surface area contributed by atoms with Gasteiger partial charge in [-0.2, -0.15) is 0 Å². The van der Waals surface area contributed by atoms with Gasteiger partial charge in [0.25, 0.3) is 5.91 Å². The number of aryl methyl sites for hydroxylation is 1. The molecule has 29 heavy (non-hydrogen) atoms. The highest BCUT2D eigenvalue weighted by molar-refractivity contribution is 5.92. The van der Waals surface area contributed by atoms with Crippen LogP contribution in [0.1, 0.15) is 34.5 Å². The molecule has 0 saturated carbocycles. The van der Waals surface area contributed by atoms with Crippen LogP contribution in [-0.2, 0) is 6.54 Å². The van der Waals surface area contributed by atoms with E-state index in [2.05, 4.69) is 56.4 Å². The Bertz CT molecular complexity index is 977. The molecule has 0 spiro atoms. The highest BCUT2D eigenvalue weighted by Crippen LogP contribution is 2.23. The van der Waals surface area contributed by atoms with Gasteiger partial charge in [-0.1, -0.05) is 18.2 Å². The lowest BCUT2D eigenvalue weighted by Gasteiger charge is -2.32. The van der Waals surface area contributed by atoms with Crippen molar-refractivity contribution in [3.05, 3.63) is 53.5 Å². The van der Waals surface area contributed by atoms with Gasteiger partial charge in [0, 0.05) is 48.6 Å². The Morgan fingerprint density at radius 2 is 1.97 bits per heavy atom. The highest BCUT2D eigenvalue weighted by atomic mass is 16.5. The van der Waals surface area contributed by atoms with Crippen LogP contribution < -0.4 is 15.7 Å². The molecule has 1 aliphatic heterocycles. The van der Waals surface area contributed by atoms with E-state index >= 15 is 0 Å². The number of benzene rings is 1. The van der Waals surface area contributed by atoms with Crippen molar-refractivity contribution in [3.63, 3.8) is 0 Å². The van der Waals surface area contributed by atoms with Crippen LogP contribution in [0.3, 0.4) is 0 Å². The smallest absolute Gasteiger partial charge is 0.277 e. The Kier molecular flexibility index (Phi) is 5.73. The second-order valence-corrected chi connectivity index (χ2v) is 7.55. The monoisotopic (exact) mass is 394 g/mol. The molecule has 1 aromatic carbocycles. The zero-order valence-electron chi connectivity index (χ0n) is 16.5. The fourth-order valence-corrected chi connectivity index (χ4v) is 3.97. The summed E-state index contributed by atoms with van der Waals surface area (Å²) in [5.41, 5.74) is 5.59. The van der Waals surface area contributed by atoms with E-state index in [1.807, 2.05) is 0 Å². The number of carbonyl (C=O) groups is 1. The van der Waals surface area contributed by atoms with Crippen LogP contribution in [0.5, 0.6) is 0 Å². The number of nitrogens with zero attached hydrogens (tertiary/aromatic N) is 3. The third-order valence-electron chi connectivity index (χ3n) is 5.66. The van der Waals surface area contributed by atoms with E-state index in [0.717, 1.165) is 39.0 Å². The third kappa shape index (κ3) is 4.23. The minimum Gasteiger partial charge on any atom is -0.358 e. The van der Waals surface area contributed by atoms with Gasteiger partial charge >= 0.3 is 0 Å². The number of carbonyl (C=O) groups excluding carboxylic acids is 1. The molecule has 8 heteroatoms. The first-order chi connectivity index (χ1) is 14.2. The van der Waals surface area contributed by atoms with Crippen LogP contribution in [-0.4, -0.2) is 45.7 Å². The molecule has 1 amide bonds. The molecule has 0 atom stereocenters. The van der Waals surface area contributed by atoms with Crippen molar-refractivity contribution >= 4 is 22.8 Å². The van der Waals surface area contributed by atoms with Crippen LogP contribution >= 0.6 is 0 Å². The summed E-state index contributed by atoms with van der Waals surface area (Å²) in [6, 6.07) is 8.43. The summed E-state index contributed by atoms with van der Waals surface area (Å²) in [5, 5.41) is 13.6. The average molecular weight is 394 g/mol. The summed E-state index contributed by atoms with van der Waals surface area (Å²) in [7, 11) is 0. The van der Waals surface area contributed by atoms with E-state index in [0.29, 0.717) is 11.9 Å². The molecule has 3 heterocycles. The lowest BCUT2D eigenvalue weighted by Crippen LogP contribution is -2.38. The van der Waals surface area contributed by atoms with Crippen molar-refractivity contribution in [2.24, 2.45) is 5.92 Å². The normalized spacial score (nSPS) is 15.0. The molecule has 4 N–H and O–H groups in total. The van der Waals surface area contributed by atoms with Crippen LogP contribution in [0.15, 0.2) is 36.7 Å². The van der Waals surface area contributed by atoms with E-state index in [1.54, 1.807) is 5.48 Å². The predicted molar refractivity (Wildman–Crippen MR) is 111 cm³/mol. The van der Waals surface area contributed by atoms with Crippen molar-refractivity contribution < 1.29 is 10.0 Å². The van der Waals surface area contributed by atoms with Crippen molar-refractivity contribution in [3.8, 4) is 0 Å². The first-order valence-corrected chi connectivity index (χ1v) is 9.94. The number of fused-ring (bicyclic) bond motifs is 1. The van der Waals surface area contributed by atoms with Gasteiger partial charge in [0.1, 0.15) is 0 Å². The maximum absolute atomic E-state index is 11.4. The number of hydroxylamine groups is 1. The van der Waals surface area contributed by atoms with Crippen molar-refractivity contribution in [1.29, 1.82) is 0 Å². The number of aromatic amines is 1. The minimum atomic E-state index is -0.605. The maximum atomic E-state index is 11.4. The Morgan fingerprint density at radius 1 is 1.24 bits per heavy atom. The molecule has 2 aromatic heterocycles. The number of H-pyrrole nitrogens is 1. The first-order valence-electron chi connectivity index (χ1n) is 9.94. The van der Waals surface area contributed by atoms with Crippen molar-refractivity contribution in [2.45, 2.75) is 26.3 Å². The molecule has 1 saturated heterocycles. The number of nitrogens with one attached hydrogen (secondary N) is 3. The summed E-state index contributed by atoms with van der Waals surface area (Å²) in [6.07, 6.45) is 5.01. The van der Waals surface area contributed by atoms with Crippen LogP contribution in [0.2, 0.25) is 0 Å². The number of rotatable bonds is 6. The zero-order chi connectivity index (χ0) is 20.2. The molecule has 152 valence electrons. The van der Waals surface area contributed by atoms with Gasteiger partial charge in [-0.15, -0.1) is 0 Å². The highest BCUT2D eigenvalue weighted by Gasteiger charge is 2.21. The summed E-state index contributed by atoms with van der Waals surface area (Å²) in [4.78, 5) is 25.5. The molecule has 8 nitrogen and oxygen atoms in total. The number of aromatic nitrogens is 3. The van der Waals surface area contributed by atoms with Gasteiger partial charge in [-0.25, -0.2) is 15.4 Å². The Labute approximate surface area is 169 Å². The number of anilines is 1. The van der Waals surface area contributed by atoms with Gasteiger partial charge < -0.3 is 15.2 Å². The molecular formula is C21H26N6O2. The molecule has 0 radical (unpaired) electrons. The summed E-state index contributed by atoms with van der Waals surface area (Å²) < 4.78 is 0. The third-order valence-corrected chi connectivity index (χ3v) is 5.66. The number of hydrogen-bond donors (Lipinski definition) is 4. The largest absolute Gasteiger partial charge is 0.358 e. The lowest BCUT2D eigenvalue weighted by molar-refractivity contribution is 0.0705. The van der Waals surface area contributed by atoms with Crippen molar-refractivity contribution in [2.75, 3.05) is 24.5 Å². The molecule has 4 rings (SSSR count). The van der Waals surface area contributed by atoms with E-state index in [9.17, 15) is 4.79 Å². The second kappa shape index (κ2) is 8.59. The Hall–Kier alpha value is -2.97. The standard InChI is InChI=1S/C21H26N6O2/c1-14-18(17-4-2-3-5-19(17)25-14)13-22-10-15-6-8-27(9-7-15)21-23-11-16(12-24-21)20(28)26-29/h2-5,11-12,15,22,25,29H,6-10,13H2,1H3,(H,26,28). The van der Waals surface area contributed by atoms with Crippen LogP contribution in [0, 0.1) is 12.8 Å². The van der Waals surface area contributed by atoms with E-state index < -0.39 is 5.91 Å². The summed E-state index contributed by atoms with van der Waals surface area (Å²) >= 11 is 0. The SMILES string of the molecule is Cc1[nH]c2ccccc2c1CNCC1CCN(c2ncc(C(=O)NO)cn2)CC1. The fourth-order valence-electron chi connectivity index (χ4n) is 3.97. The Balaban J connectivity index is 1.27. The van der Waals surface area contributed by atoms with Crippen LogP contribution in [0.25, 0.3) is 10.9 Å². The van der Waals surface area contributed by atoms with Gasteiger partial charge in [0.2, 0.25) is 5.95 Å². The van der Waals surface area contributed by atoms with Crippen LogP contribution in [0.4, 0.5) is 5.95 Å². The molecule has 0 aliphatic carbocycles.